The second kappa shape index (κ2) is 5.51. The standard InChI is InChI=1S/C16H25NO2/c1-11-12(2)15(19-4)6-5-14(11)16(3,18)13-7-9-17-10-8-13/h5-6,13,17-18H,7-10H2,1-4H3. The van der Waals surface area contributed by atoms with E-state index in [-0.39, 0.29) is 0 Å². The fourth-order valence-corrected chi connectivity index (χ4v) is 3.17. The molecule has 3 nitrogen and oxygen atoms in total. The average Bonchev–Trinajstić information content (AvgIpc) is 2.42. The summed E-state index contributed by atoms with van der Waals surface area (Å²) in [5.74, 6) is 1.21. The highest BCUT2D eigenvalue weighted by molar-refractivity contribution is 5.45. The lowest BCUT2D eigenvalue weighted by atomic mass is 9.75. The number of benzene rings is 1. The fraction of sp³-hybridized carbons (Fsp3) is 0.625. The van der Waals surface area contributed by atoms with Gasteiger partial charge in [0, 0.05) is 0 Å². The van der Waals surface area contributed by atoms with Gasteiger partial charge in [0.05, 0.1) is 12.7 Å². The van der Waals surface area contributed by atoms with Crippen LogP contribution in [0, 0.1) is 19.8 Å². The van der Waals surface area contributed by atoms with Crippen molar-refractivity contribution >= 4 is 0 Å². The van der Waals surface area contributed by atoms with Crippen molar-refractivity contribution in [2.75, 3.05) is 20.2 Å². The van der Waals surface area contributed by atoms with Crippen molar-refractivity contribution in [2.45, 2.75) is 39.2 Å². The zero-order valence-electron chi connectivity index (χ0n) is 12.4. The van der Waals surface area contributed by atoms with Gasteiger partial charge in [0.1, 0.15) is 5.75 Å². The highest BCUT2D eigenvalue weighted by atomic mass is 16.5. The quantitative estimate of drug-likeness (QED) is 0.880. The largest absolute Gasteiger partial charge is 0.496 e. The minimum absolute atomic E-state index is 0.320. The van der Waals surface area contributed by atoms with Crippen LogP contribution < -0.4 is 10.1 Å². The number of piperidine rings is 1. The third-order valence-corrected chi connectivity index (χ3v) is 4.64. The second-order valence-corrected chi connectivity index (χ2v) is 5.74. The van der Waals surface area contributed by atoms with Crippen molar-refractivity contribution in [2.24, 2.45) is 5.92 Å². The molecule has 1 fully saturated rings. The van der Waals surface area contributed by atoms with Gasteiger partial charge in [-0.3, -0.25) is 0 Å². The van der Waals surface area contributed by atoms with Crippen LogP contribution in [0.1, 0.15) is 36.5 Å². The summed E-state index contributed by atoms with van der Waals surface area (Å²) in [6, 6.07) is 3.98. The van der Waals surface area contributed by atoms with Crippen molar-refractivity contribution in [3.8, 4) is 5.75 Å². The van der Waals surface area contributed by atoms with Gasteiger partial charge in [-0.2, -0.15) is 0 Å². The van der Waals surface area contributed by atoms with Crippen LogP contribution in [0.25, 0.3) is 0 Å². The molecule has 3 heteroatoms. The van der Waals surface area contributed by atoms with Crippen molar-refractivity contribution < 1.29 is 9.84 Å². The molecule has 1 unspecified atom stereocenters. The van der Waals surface area contributed by atoms with Crippen LogP contribution in [-0.2, 0) is 5.60 Å². The number of hydrogen-bond acceptors (Lipinski definition) is 3. The van der Waals surface area contributed by atoms with Crippen molar-refractivity contribution in [3.63, 3.8) is 0 Å². The number of hydrogen-bond donors (Lipinski definition) is 2. The molecule has 2 N–H and O–H groups in total. The van der Waals surface area contributed by atoms with Gasteiger partial charge in [0.15, 0.2) is 0 Å². The number of methoxy groups -OCH3 is 1. The van der Waals surface area contributed by atoms with E-state index in [0.29, 0.717) is 5.92 Å². The Labute approximate surface area is 116 Å². The lowest BCUT2D eigenvalue weighted by Crippen LogP contribution is -2.40. The summed E-state index contributed by atoms with van der Waals surface area (Å²) in [6.45, 7) is 8.07. The first kappa shape index (κ1) is 14.4. The molecule has 2 rings (SSSR count). The topological polar surface area (TPSA) is 41.5 Å². The van der Waals surface area contributed by atoms with Crippen LogP contribution in [0.5, 0.6) is 5.75 Å². The summed E-state index contributed by atoms with van der Waals surface area (Å²) in [5, 5.41) is 14.4. The molecular formula is C16H25NO2. The van der Waals surface area contributed by atoms with Gasteiger partial charge < -0.3 is 15.2 Å². The van der Waals surface area contributed by atoms with Crippen molar-refractivity contribution in [1.82, 2.24) is 5.32 Å². The van der Waals surface area contributed by atoms with E-state index in [2.05, 4.69) is 19.2 Å². The molecule has 1 aromatic carbocycles. The Morgan fingerprint density at radius 1 is 1.21 bits per heavy atom. The van der Waals surface area contributed by atoms with Gasteiger partial charge in [0.25, 0.3) is 0 Å². The SMILES string of the molecule is COc1ccc(C(C)(O)C2CCNCC2)c(C)c1C. The molecule has 1 atom stereocenters. The Bertz CT molecular complexity index is 448. The molecule has 1 aromatic rings. The minimum atomic E-state index is -0.761. The monoisotopic (exact) mass is 263 g/mol. The Balaban J connectivity index is 2.36. The smallest absolute Gasteiger partial charge is 0.122 e. The number of aliphatic hydroxyl groups is 1. The summed E-state index contributed by atoms with van der Waals surface area (Å²) in [4.78, 5) is 0. The van der Waals surface area contributed by atoms with Crippen LogP contribution >= 0.6 is 0 Å². The molecular weight excluding hydrogens is 238 g/mol. The van der Waals surface area contributed by atoms with E-state index in [1.54, 1.807) is 7.11 Å². The number of nitrogens with one attached hydrogen (secondary N) is 1. The van der Waals surface area contributed by atoms with E-state index < -0.39 is 5.60 Å². The molecule has 0 spiro atoms. The summed E-state index contributed by atoms with van der Waals surface area (Å²) in [7, 11) is 1.69. The molecule has 1 saturated heterocycles. The number of ether oxygens (including phenoxy) is 1. The predicted molar refractivity (Wildman–Crippen MR) is 77.6 cm³/mol. The molecule has 0 bridgehead atoms. The first-order chi connectivity index (χ1) is 8.98. The maximum absolute atomic E-state index is 11.0. The Hall–Kier alpha value is -1.06. The predicted octanol–water partition coefficient (Wildman–Crippen LogP) is 2.52. The molecule has 1 heterocycles. The van der Waals surface area contributed by atoms with Crippen LogP contribution in [0.15, 0.2) is 12.1 Å². The molecule has 0 aliphatic carbocycles. The Kier molecular flexibility index (Phi) is 4.16. The van der Waals surface area contributed by atoms with Gasteiger partial charge in [-0.05, 0) is 75.4 Å². The Morgan fingerprint density at radius 3 is 2.42 bits per heavy atom. The molecule has 0 saturated carbocycles. The van der Waals surface area contributed by atoms with Crippen LogP contribution in [0.3, 0.4) is 0 Å². The van der Waals surface area contributed by atoms with E-state index in [9.17, 15) is 5.11 Å². The molecule has 1 aliphatic rings. The lowest BCUT2D eigenvalue weighted by molar-refractivity contribution is -0.0192. The average molecular weight is 263 g/mol. The van der Waals surface area contributed by atoms with Gasteiger partial charge in [-0.25, -0.2) is 0 Å². The third kappa shape index (κ3) is 2.63. The van der Waals surface area contributed by atoms with Gasteiger partial charge in [-0.15, -0.1) is 0 Å². The highest BCUT2D eigenvalue weighted by Crippen LogP contribution is 2.38. The second-order valence-electron chi connectivity index (χ2n) is 5.74. The molecule has 19 heavy (non-hydrogen) atoms. The zero-order valence-corrected chi connectivity index (χ0v) is 12.4. The first-order valence-electron chi connectivity index (χ1n) is 7.06. The van der Waals surface area contributed by atoms with Gasteiger partial charge in [-0.1, -0.05) is 6.07 Å². The first-order valence-corrected chi connectivity index (χ1v) is 7.06. The lowest BCUT2D eigenvalue weighted by Gasteiger charge is -2.37. The summed E-state index contributed by atoms with van der Waals surface area (Å²) in [6.07, 6.45) is 2.05. The van der Waals surface area contributed by atoms with E-state index in [1.807, 2.05) is 19.1 Å². The van der Waals surface area contributed by atoms with Crippen LogP contribution in [0.4, 0.5) is 0 Å². The molecule has 0 aromatic heterocycles. The molecule has 0 radical (unpaired) electrons. The third-order valence-electron chi connectivity index (χ3n) is 4.64. The molecule has 106 valence electrons. The molecule has 0 amide bonds. The minimum Gasteiger partial charge on any atom is -0.496 e. The zero-order chi connectivity index (χ0) is 14.0. The normalized spacial score (nSPS) is 20.1. The summed E-state index contributed by atoms with van der Waals surface area (Å²) >= 11 is 0. The maximum Gasteiger partial charge on any atom is 0.122 e. The maximum atomic E-state index is 11.0. The van der Waals surface area contributed by atoms with E-state index in [1.165, 1.54) is 0 Å². The van der Waals surface area contributed by atoms with Gasteiger partial charge in [0.2, 0.25) is 0 Å². The van der Waals surface area contributed by atoms with Gasteiger partial charge >= 0.3 is 0 Å². The number of rotatable bonds is 3. The Morgan fingerprint density at radius 2 is 1.84 bits per heavy atom. The van der Waals surface area contributed by atoms with Crippen molar-refractivity contribution in [3.05, 3.63) is 28.8 Å². The van der Waals surface area contributed by atoms with E-state index in [4.69, 9.17) is 4.74 Å². The molecule has 1 aliphatic heterocycles. The highest BCUT2D eigenvalue weighted by Gasteiger charge is 2.35. The summed E-state index contributed by atoms with van der Waals surface area (Å²) in [5.41, 5.74) is 2.54. The van der Waals surface area contributed by atoms with E-state index >= 15 is 0 Å². The van der Waals surface area contributed by atoms with Crippen molar-refractivity contribution in [1.29, 1.82) is 0 Å². The van der Waals surface area contributed by atoms with Crippen LogP contribution in [-0.4, -0.2) is 25.3 Å². The fourth-order valence-electron chi connectivity index (χ4n) is 3.17. The van der Waals surface area contributed by atoms with Crippen LogP contribution in [0.2, 0.25) is 0 Å². The summed E-state index contributed by atoms with van der Waals surface area (Å²) < 4.78 is 5.35. The van der Waals surface area contributed by atoms with E-state index in [0.717, 1.165) is 48.4 Å².